The Morgan fingerprint density at radius 3 is 1.65 bits per heavy atom. The fraction of sp³-hybridized carbons (Fsp3) is 0.571. The van der Waals surface area contributed by atoms with Crippen molar-refractivity contribution in [2.24, 2.45) is 0 Å². The van der Waals surface area contributed by atoms with E-state index in [1.807, 2.05) is 0 Å². The first-order valence-corrected chi connectivity index (χ1v) is 6.76. The Hall–Kier alpha value is -2.34. The molecule has 0 saturated carbocycles. The van der Waals surface area contributed by atoms with E-state index in [9.17, 15) is 9.59 Å². The minimum absolute atomic E-state index is 0.310. The Morgan fingerprint density at radius 2 is 1.30 bits per heavy atom. The number of carbonyl (C=O) groups is 2. The second kappa shape index (κ2) is 6.21. The van der Waals surface area contributed by atoms with Gasteiger partial charge in [0.15, 0.2) is 0 Å². The summed E-state index contributed by atoms with van der Waals surface area (Å²) in [6.45, 7) is 1.11. The minimum Gasteiger partial charge on any atom is -0.323 e. The monoisotopic (exact) mass is 272 g/mol. The second-order valence-electron chi connectivity index (χ2n) is 4.97. The number of hydrogen-bond acceptors (Lipinski definition) is 4. The molecule has 2 aliphatic heterocycles. The zero-order valence-corrected chi connectivity index (χ0v) is 11.2. The lowest BCUT2D eigenvalue weighted by molar-refractivity contribution is -0.128. The first kappa shape index (κ1) is 14.1. The molecule has 0 spiro atoms. The van der Waals surface area contributed by atoms with Crippen LogP contribution in [0, 0.1) is 22.7 Å². The normalized spacial score (nSPS) is 25.7. The van der Waals surface area contributed by atoms with Crippen LogP contribution in [-0.4, -0.2) is 46.8 Å². The summed E-state index contributed by atoms with van der Waals surface area (Å²) in [5.41, 5.74) is 0. The van der Waals surface area contributed by atoms with Crippen molar-refractivity contribution in [3.63, 3.8) is 0 Å². The predicted octanol–water partition coefficient (Wildman–Crippen LogP) is 0.572. The largest absolute Gasteiger partial charge is 0.323 e. The van der Waals surface area contributed by atoms with Gasteiger partial charge in [-0.2, -0.15) is 10.5 Å². The van der Waals surface area contributed by atoms with Crippen molar-refractivity contribution in [3.8, 4) is 12.1 Å². The smallest absolute Gasteiger partial charge is 0.247 e. The summed E-state index contributed by atoms with van der Waals surface area (Å²) in [4.78, 5) is 26.8. The van der Waals surface area contributed by atoms with Gasteiger partial charge in [0.05, 0.1) is 12.1 Å². The molecule has 2 atom stereocenters. The summed E-state index contributed by atoms with van der Waals surface area (Å²) in [7, 11) is 0. The third-order valence-corrected chi connectivity index (χ3v) is 3.74. The molecule has 0 bridgehead atoms. The SMILES string of the molecule is N#C[C@@H]1CCCN1C(=O)C=CC(=O)N1CCC[C@H]1C#N. The van der Waals surface area contributed by atoms with Crippen LogP contribution in [0.5, 0.6) is 0 Å². The van der Waals surface area contributed by atoms with Crippen molar-refractivity contribution in [3.05, 3.63) is 12.2 Å². The summed E-state index contributed by atoms with van der Waals surface area (Å²) < 4.78 is 0. The third kappa shape index (κ3) is 2.80. The van der Waals surface area contributed by atoms with E-state index in [4.69, 9.17) is 10.5 Å². The van der Waals surface area contributed by atoms with Crippen molar-refractivity contribution < 1.29 is 9.59 Å². The molecular formula is C14H16N4O2. The van der Waals surface area contributed by atoms with Gasteiger partial charge in [0.2, 0.25) is 11.8 Å². The molecular weight excluding hydrogens is 256 g/mol. The summed E-state index contributed by atoms with van der Waals surface area (Å²) in [5, 5.41) is 17.8. The first-order chi connectivity index (χ1) is 9.67. The number of hydrogen-bond donors (Lipinski definition) is 0. The molecule has 0 aromatic carbocycles. The van der Waals surface area contributed by atoms with Crippen LogP contribution in [0.4, 0.5) is 0 Å². The highest BCUT2D eigenvalue weighted by Crippen LogP contribution is 2.18. The second-order valence-corrected chi connectivity index (χ2v) is 4.97. The summed E-state index contributed by atoms with van der Waals surface area (Å²) in [5.74, 6) is -0.620. The molecule has 2 aliphatic rings. The molecule has 0 aromatic heterocycles. The average molecular weight is 272 g/mol. The summed E-state index contributed by atoms with van der Waals surface area (Å²) >= 11 is 0. The van der Waals surface area contributed by atoms with E-state index in [1.54, 1.807) is 0 Å². The van der Waals surface area contributed by atoms with E-state index in [2.05, 4.69) is 12.1 Å². The molecule has 104 valence electrons. The van der Waals surface area contributed by atoms with E-state index < -0.39 is 0 Å². The predicted molar refractivity (Wildman–Crippen MR) is 69.8 cm³/mol. The van der Waals surface area contributed by atoms with Crippen LogP contribution in [0.1, 0.15) is 25.7 Å². The molecule has 0 N–H and O–H groups in total. The highest BCUT2D eigenvalue weighted by atomic mass is 16.2. The van der Waals surface area contributed by atoms with Crippen LogP contribution in [0.2, 0.25) is 0 Å². The van der Waals surface area contributed by atoms with Gasteiger partial charge >= 0.3 is 0 Å². The number of nitriles is 2. The number of likely N-dealkylation sites (tertiary alicyclic amines) is 2. The van der Waals surface area contributed by atoms with Gasteiger partial charge in [-0.1, -0.05) is 0 Å². The molecule has 2 amide bonds. The number of amides is 2. The maximum Gasteiger partial charge on any atom is 0.247 e. The van der Waals surface area contributed by atoms with E-state index in [0.29, 0.717) is 25.9 Å². The van der Waals surface area contributed by atoms with Gasteiger partial charge in [-0.3, -0.25) is 9.59 Å². The van der Waals surface area contributed by atoms with Crippen LogP contribution in [0.15, 0.2) is 12.2 Å². The Bertz CT molecular complexity index is 468. The quantitative estimate of drug-likeness (QED) is 0.687. The highest BCUT2D eigenvalue weighted by molar-refractivity contribution is 5.97. The summed E-state index contributed by atoms with van der Waals surface area (Å²) in [6, 6.07) is 3.40. The fourth-order valence-electron chi connectivity index (χ4n) is 2.66. The summed E-state index contributed by atoms with van der Waals surface area (Å²) in [6.07, 6.45) is 5.43. The van der Waals surface area contributed by atoms with Gasteiger partial charge in [0.1, 0.15) is 12.1 Å². The number of carbonyl (C=O) groups excluding carboxylic acids is 2. The van der Waals surface area contributed by atoms with E-state index >= 15 is 0 Å². The molecule has 2 heterocycles. The Kier molecular flexibility index (Phi) is 4.37. The third-order valence-electron chi connectivity index (χ3n) is 3.74. The Labute approximate surface area is 117 Å². The van der Waals surface area contributed by atoms with Crippen molar-refractivity contribution in [1.29, 1.82) is 10.5 Å². The maximum absolute atomic E-state index is 11.9. The van der Waals surface area contributed by atoms with Crippen LogP contribution >= 0.6 is 0 Å². The van der Waals surface area contributed by atoms with Crippen molar-refractivity contribution in [2.75, 3.05) is 13.1 Å². The lowest BCUT2D eigenvalue weighted by Crippen LogP contribution is -2.35. The fourth-order valence-corrected chi connectivity index (χ4v) is 2.66. The van der Waals surface area contributed by atoms with Gasteiger partial charge in [0, 0.05) is 25.2 Å². The van der Waals surface area contributed by atoms with Crippen LogP contribution in [0.25, 0.3) is 0 Å². The van der Waals surface area contributed by atoms with Gasteiger partial charge in [-0.25, -0.2) is 0 Å². The van der Waals surface area contributed by atoms with Gasteiger partial charge in [-0.05, 0) is 25.7 Å². The molecule has 2 fully saturated rings. The molecule has 0 unspecified atom stereocenters. The maximum atomic E-state index is 11.9. The van der Waals surface area contributed by atoms with Gasteiger partial charge in [0.25, 0.3) is 0 Å². The molecule has 6 nitrogen and oxygen atoms in total. The Morgan fingerprint density at radius 1 is 0.900 bits per heavy atom. The van der Waals surface area contributed by atoms with Crippen LogP contribution < -0.4 is 0 Å². The zero-order chi connectivity index (χ0) is 14.5. The van der Waals surface area contributed by atoms with Gasteiger partial charge < -0.3 is 9.80 Å². The minimum atomic E-state index is -0.388. The van der Waals surface area contributed by atoms with Crippen molar-refractivity contribution >= 4 is 11.8 Å². The van der Waals surface area contributed by atoms with E-state index in [-0.39, 0.29) is 23.9 Å². The number of rotatable bonds is 2. The van der Waals surface area contributed by atoms with E-state index in [0.717, 1.165) is 12.8 Å². The first-order valence-electron chi connectivity index (χ1n) is 6.76. The number of nitrogens with zero attached hydrogens (tertiary/aromatic N) is 4. The molecule has 20 heavy (non-hydrogen) atoms. The highest BCUT2D eigenvalue weighted by Gasteiger charge is 2.29. The standard InChI is InChI=1S/C14H16N4O2/c15-9-11-3-1-7-17(11)13(19)5-6-14(20)18-8-2-4-12(18)10-16/h5-6,11-12H,1-4,7-8H2/t11-,12-/m0/s1. The van der Waals surface area contributed by atoms with Crippen molar-refractivity contribution in [1.82, 2.24) is 9.80 Å². The Balaban J connectivity index is 1.96. The lowest BCUT2D eigenvalue weighted by Gasteiger charge is -2.18. The molecule has 0 radical (unpaired) electrons. The topological polar surface area (TPSA) is 88.2 Å². The van der Waals surface area contributed by atoms with Gasteiger partial charge in [-0.15, -0.1) is 0 Å². The average Bonchev–Trinajstić information content (AvgIpc) is 3.11. The molecule has 0 aromatic rings. The van der Waals surface area contributed by atoms with Crippen LogP contribution in [-0.2, 0) is 9.59 Å². The van der Waals surface area contributed by atoms with Crippen LogP contribution in [0.3, 0.4) is 0 Å². The lowest BCUT2D eigenvalue weighted by atomic mass is 10.2. The zero-order valence-electron chi connectivity index (χ0n) is 11.2. The van der Waals surface area contributed by atoms with E-state index in [1.165, 1.54) is 22.0 Å². The molecule has 0 aliphatic carbocycles. The molecule has 2 saturated heterocycles. The van der Waals surface area contributed by atoms with Crippen molar-refractivity contribution in [2.45, 2.75) is 37.8 Å². The molecule has 2 rings (SSSR count). The molecule has 6 heteroatoms.